The Morgan fingerprint density at radius 2 is 0.857 bits per heavy atom. The van der Waals surface area contributed by atoms with Gasteiger partial charge < -0.3 is 18.2 Å². The fraction of sp³-hybridized carbons (Fsp3) is 0. The van der Waals surface area contributed by atoms with Crippen molar-refractivity contribution in [3.05, 3.63) is 0 Å². The van der Waals surface area contributed by atoms with Crippen LogP contribution >= 0.6 is 0 Å². The van der Waals surface area contributed by atoms with Gasteiger partial charge in [0.1, 0.15) is 0 Å². The largest absolute Gasteiger partial charge is 1.00 e. The molecule has 0 fully saturated rings. The van der Waals surface area contributed by atoms with Crippen molar-refractivity contribution < 1.29 is 138 Å². The topological polar surface area (TPSA) is 121 Å². The summed E-state index contributed by atoms with van der Waals surface area (Å²) in [5.74, 6) is 0. The minimum Gasteiger partial charge on any atom is -0.748 e. The van der Waals surface area contributed by atoms with Crippen LogP contribution in [0, 0.1) is 0 Å². The summed E-state index contributed by atoms with van der Waals surface area (Å²) in [7, 11) is -8.17. The van der Waals surface area contributed by atoms with Crippen LogP contribution in [0.4, 0.5) is 0 Å². The van der Waals surface area contributed by atoms with Crippen LogP contribution in [-0.4, -0.2) is 26.6 Å². The van der Waals surface area contributed by atoms with Crippen molar-refractivity contribution in [3.8, 4) is 0 Å². The molecule has 14 heavy (non-hydrogen) atoms. The molecule has 0 aliphatic rings. The molecule has 0 aromatic carbocycles. The molecular formula is H2AuNa3O6S4+. The zero-order chi connectivity index (χ0) is 9.00. The molecule has 2 unspecified atom stereocenters. The van der Waals surface area contributed by atoms with Gasteiger partial charge in [-0.1, -0.05) is 0 Å². The van der Waals surface area contributed by atoms with Crippen molar-refractivity contribution in [2.45, 2.75) is 0 Å². The average Bonchev–Trinajstić information content (AvgIpc) is 1.12. The zero-order valence-corrected chi connectivity index (χ0v) is 18.9. The van der Waals surface area contributed by atoms with Gasteiger partial charge in [0.15, 0.2) is 0 Å². The molecule has 2 N–H and O–H groups in total. The molecule has 6 nitrogen and oxygen atoms in total. The standard InChI is InChI=1S/Au.3Na.2H2O3S2/c;;;;2*1-5(2,3)4/h;;;;2*(H2,1,2,3,4)/q;3*+1;;/p-2. The molecule has 0 saturated carbocycles. The summed E-state index contributed by atoms with van der Waals surface area (Å²) in [5.41, 5.74) is 0. The first-order valence-electron chi connectivity index (χ1n) is 1.37. The van der Waals surface area contributed by atoms with E-state index in [1.54, 1.807) is 0 Å². The summed E-state index contributed by atoms with van der Waals surface area (Å²) >= 11 is 6.71. The Morgan fingerprint density at radius 3 is 0.857 bits per heavy atom. The Morgan fingerprint density at radius 1 is 0.857 bits per heavy atom. The molecule has 0 saturated heterocycles. The van der Waals surface area contributed by atoms with Gasteiger partial charge >= 0.3 is 88.7 Å². The van der Waals surface area contributed by atoms with Crippen molar-refractivity contribution in [1.82, 2.24) is 0 Å². The monoisotopic (exact) mass is 492 g/mol. The van der Waals surface area contributed by atoms with E-state index in [4.69, 9.17) is 26.6 Å². The van der Waals surface area contributed by atoms with Gasteiger partial charge in [-0.3, -0.25) is 0 Å². The predicted octanol–water partition coefficient (Wildman–Crippen LogP) is -10.3. The summed E-state index contributed by atoms with van der Waals surface area (Å²) < 4.78 is 50.6. The molecule has 0 aromatic rings. The molecule has 0 rings (SSSR count). The molecule has 0 spiro atoms. The summed E-state index contributed by atoms with van der Waals surface area (Å²) in [6, 6.07) is 0. The van der Waals surface area contributed by atoms with Crippen molar-refractivity contribution >= 4 is 40.5 Å². The van der Waals surface area contributed by atoms with E-state index < -0.39 is 18.1 Å². The van der Waals surface area contributed by atoms with E-state index in [9.17, 15) is 0 Å². The number of rotatable bonds is 0. The fourth-order valence-corrected chi connectivity index (χ4v) is 0. The molecule has 14 heteroatoms. The van der Waals surface area contributed by atoms with Crippen LogP contribution in [-0.2, 0) is 62.9 Å². The maximum atomic E-state index is 9.00. The van der Waals surface area contributed by atoms with Crippen molar-refractivity contribution in [1.29, 1.82) is 0 Å². The maximum Gasteiger partial charge on any atom is 1.00 e. The summed E-state index contributed by atoms with van der Waals surface area (Å²) in [4.78, 5) is 0. The van der Waals surface area contributed by atoms with Gasteiger partial charge in [0, 0.05) is 22.4 Å². The van der Waals surface area contributed by atoms with Crippen LogP contribution in [0.25, 0.3) is 0 Å². The second kappa shape index (κ2) is 17.3. The van der Waals surface area contributed by atoms with E-state index in [0.29, 0.717) is 0 Å². The SMILES string of the molecule is O=S([O-])(O)=S.O=S([O-])(O)=S.[Au].[Na+].[Na+].[Na+]. The molecule has 0 amide bonds. The first kappa shape index (κ1) is 36.2. The molecule has 1 radical (unpaired) electrons. The molecule has 0 heterocycles. The quantitative estimate of drug-likeness (QED) is 0.320. The minimum absolute atomic E-state index is 0. The Hall–Kier alpha value is 4.32. The van der Waals surface area contributed by atoms with Crippen LogP contribution in [0.2, 0.25) is 0 Å². The third kappa shape index (κ3) is 205. The van der Waals surface area contributed by atoms with Gasteiger partial charge in [-0.05, 0) is 22.4 Å². The second-order valence-electron chi connectivity index (χ2n) is 0.855. The zero-order valence-electron chi connectivity index (χ0n) is 7.46. The van der Waals surface area contributed by atoms with E-state index in [1.807, 2.05) is 0 Å². The van der Waals surface area contributed by atoms with Gasteiger partial charge in [-0.2, -0.15) is 0 Å². The number of hydrogen-bond donors (Lipinski definition) is 2. The van der Waals surface area contributed by atoms with Crippen LogP contribution in [0.15, 0.2) is 0 Å². The van der Waals surface area contributed by atoms with E-state index >= 15 is 0 Å². The average molecular weight is 492 g/mol. The molecular weight excluding hydrogens is 490 g/mol. The number of hydrogen-bond acceptors (Lipinski definition) is 6. The third-order valence-electron chi connectivity index (χ3n) is 0. The normalized spacial score (nSPS) is 15.1. The van der Waals surface area contributed by atoms with Gasteiger partial charge in [-0.25, -0.2) is 8.42 Å². The second-order valence-corrected chi connectivity index (χ2v) is 5.09. The molecule has 0 aliphatic heterocycles. The smallest absolute Gasteiger partial charge is 0.748 e. The Labute approximate surface area is 174 Å². The van der Waals surface area contributed by atoms with Crippen molar-refractivity contribution in [2.75, 3.05) is 0 Å². The molecule has 2 atom stereocenters. The van der Waals surface area contributed by atoms with Crippen LogP contribution in [0.5, 0.6) is 0 Å². The van der Waals surface area contributed by atoms with E-state index in [2.05, 4.69) is 22.4 Å². The van der Waals surface area contributed by atoms with Gasteiger partial charge in [0.25, 0.3) is 0 Å². The maximum absolute atomic E-state index is 9.00. The van der Waals surface area contributed by atoms with Crippen LogP contribution < -0.4 is 88.7 Å². The Bertz CT molecular complexity index is 221. The Kier molecular flexibility index (Phi) is 44.8. The predicted molar refractivity (Wildman–Crippen MR) is 37.8 cm³/mol. The van der Waals surface area contributed by atoms with Gasteiger partial charge in [0.2, 0.25) is 0 Å². The molecule has 0 bridgehead atoms. The Balaban J connectivity index is -0.0000000178. The first-order chi connectivity index (χ1) is 4.00. The molecule has 75 valence electrons. The third-order valence-corrected chi connectivity index (χ3v) is 0. The fourth-order valence-electron chi connectivity index (χ4n) is 0. The van der Waals surface area contributed by atoms with Gasteiger partial charge in [0.05, 0.1) is 18.1 Å². The van der Waals surface area contributed by atoms with Crippen molar-refractivity contribution in [3.63, 3.8) is 0 Å². The summed E-state index contributed by atoms with van der Waals surface area (Å²) in [6.45, 7) is 0. The molecule has 0 aromatic heterocycles. The first-order valence-corrected chi connectivity index (χ1v) is 6.10. The van der Waals surface area contributed by atoms with Gasteiger partial charge in [-0.15, -0.1) is 0 Å². The summed E-state index contributed by atoms with van der Waals surface area (Å²) in [6.07, 6.45) is 0. The summed E-state index contributed by atoms with van der Waals surface area (Å²) in [5, 5.41) is 0. The van der Waals surface area contributed by atoms with E-state index in [0.717, 1.165) is 0 Å². The van der Waals surface area contributed by atoms with E-state index in [-0.39, 0.29) is 111 Å². The van der Waals surface area contributed by atoms with Crippen molar-refractivity contribution in [2.24, 2.45) is 0 Å². The minimum atomic E-state index is -4.08. The van der Waals surface area contributed by atoms with E-state index in [1.165, 1.54) is 0 Å². The molecule has 0 aliphatic carbocycles. The van der Waals surface area contributed by atoms with Crippen LogP contribution in [0.3, 0.4) is 0 Å². The van der Waals surface area contributed by atoms with Crippen LogP contribution in [0.1, 0.15) is 0 Å².